The van der Waals surface area contributed by atoms with Crippen LogP contribution < -0.4 is 9.62 Å². The molecule has 3 aromatic rings. The molecule has 0 aliphatic carbocycles. The van der Waals surface area contributed by atoms with Gasteiger partial charge in [-0.15, -0.1) is 0 Å². The largest absolute Gasteiger partial charge is 0.325 e. The lowest BCUT2D eigenvalue weighted by molar-refractivity contribution is -0.114. The summed E-state index contributed by atoms with van der Waals surface area (Å²) in [7, 11) is -3.99. The molecule has 0 bridgehead atoms. The number of halogens is 2. The highest BCUT2D eigenvalue weighted by Gasteiger charge is 2.27. The number of nitrogens with one attached hydrogen (secondary N) is 1. The van der Waals surface area contributed by atoms with Crippen LogP contribution in [-0.2, 0) is 14.8 Å². The monoisotopic (exact) mass is 448 g/mol. The zero-order chi connectivity index (χ0) is 21.0. The van der Waals surface area contributed by atoms with E-state index in [1.807, 2.05) is 6.92 Å². The van der Waals surface area contributed by atoms with Crippen molar-refractivity contribution in [1.29, 1.82) is 0 Å². The number of amides is 1. The molecule has 0 spiro atoms. The summed E-state index contributed by atoms with van der Waals surface area (Å²) in [6.45, 7) is 1.45. The van der Waals surface area contributed by atoms with Crippen LogP contribution in [-0.4, -0.2) is 20.9 Å². The van der Waals surface area contributed by atoms with Crippen LogP contribution in [0.4, 0.5) is 11.4 Å². The van der Waals surface area contributed by atoms with Gasteiger partial charge in [0.05, 0.1) is 10.6 Å². The summed E-state index contributed by atoms with van der Waals surface area (Å²) in [5.74, 6) is -0.497. The molecule has 150 valence electrons. The van der Waals surface area contributed by atoms with E-state index < -0.39 is 22.5 Å². The van der Waals surface area contributed by atoms with Crippen molar-refractivity contribution in [2.24, 2.45) is 0 Å². The van der Waals surface area contributed by atoms with Gasteiger partial charge in [-0.05, 0) is 61.5 Å². The second-order valence-electron chi connectivity index (χ2n) is 6.36. The van der Waals surface area contributed by atoms with Crippen LogP contribution >= 0.6 is 23.2 Å². The van der Waals surface area contributed by atoms with E-state index in [0.29, 0.717) is 21.4 Å². The summed E-state index contributed by atoms with van der Waals surface area (Å²) in [6, 6.07) is 19.3. The second kappa shape index (κ2) is 8.86. The van der Waals surface area contributed by atoms with Gasteiger partial charge in [0, 0.05) is 15.7 Å². The van der Waals surface area contributed by atoms with Gasteiger partial charge in [0.1, 0.15) is 6.54 Å². The Balaban J connectivity index is 1.93. The molecule has 0 unspecified atom stereocenters. The number of anilines is 2. The van der Waals surface area contributed by atoms with Gasteiger partial charge in [-0.1, -0.05) is 47.0 Å². The van der Waals surface area contributed by atoms with Crippen molar-refractivity contribution in [1.82, 2.24) is 0 Å². The fourth-order valence-electron chi connectivity index (χ4n) is 2.65. The Morgan fingerprint density at radius 3 is 2.21 bits per heavy atom. The predicted molar refractivity (Wildman–Crippen MR) is 117 cm³/mol. The van der Waals surface area contributed by atoms with Gasteiger partial charge in [0.2, 0.25) is 5.91 Å². The summed E-state index contributed by atoms with van der Waals surface area (Å²) in [4.78, 5) is 12.7. The van der Waals surface area contributed by atoms with Crippen molar-refractivity contribution >= 4 is 50.5 Å². The molecule has 3 aromatic carbocycles. The first-order valence-corrected chi connectivity index (χ1v) is 10.9. The van der Waals surface area contributed by atoms with Crippen LogP contribution in [0.15, 0.2) is 77.7 Å². The average Bonchev–Trinajstić information content (AvgIpc) is 2.68. The molecular weight excluding hydrogens is 431 g/mol. The van der Waals surface area contributed by atoms with Crippen LogP contribution in [0.25, 0.3) is 0 Å². The first-order chi connectivity index (χ1) is 13.8. The van der Waals surface area contributed by atoms with Gasteiger partial charge < -0.3 is 5.32 Å². The molecule has 29 heavy (non-hydrogen) atoms. The van der Waals surface area contributed by atoms with Gasteiger partial charge in [0.25, 0.3) is 10.0 Å². The third-order valence-electron chi connectivity index (χ3n) is 4.12. The number of rotatable bonds is 6. The quantitative estimate of drug-likeness (QED) is 0.567. The molecule has 0 aliphatic rings. The maximum absolute atomic E-state index is 13.3. The van der Waals surface area contributed by atoms with E-state index in [2.05, 4.69) is 5.32 Å². The van der Waals surface area contributed by atoms with Gasteiger partial charge in [-0.2, -0.15) is 0 Å². The third-order valence-corrected chi connectivity index (χ3v) is 6.40. The molecule has 0 atom stereocenters. The van der Waals surface area contributed by atoms with Crippen LogP contribution in [0.5, 0.6) is 0 Å². The molecule has 3 rings (SSSR count). The van der Waals surface area contributed by atoms with Gasteiger partial charge in [0.15, 0.2) is 0 Å². The zero-order valence-electron chi connectivity index (χ0n) is 15.5. The van der Waals surface area contributed by atoms with Crippen molar-refractivity contribution < 1.29 is 13.2 Å². The molecule has 0 aliphatic heterocycles. The Kier molecular flexibility index (Phi) is 6.47. The number of hydrogen-bond acceptors (Lipinski definition) is 3. The van der Waals surface area contributed by atoms with E-state index >= 15 is 0 Å². The van der Waals surface area contributed by atoms with Crippen molar-refractivity contribution in [3.8, 4) is 0 Å². The fraction of sp³-hybridized carbons (Fsp3) is 0.0952. The molecule has 5 nitrogen and oxygen atoms in total. The topological polar surface area (TPSA) is 66.5 Å². The Hall–Kier alpha value is -2.54. The van der Waals surface area contributed by atoms with Crippen molar-refractivity contribution in [3.63, 3.8) is 0 Å². The van der Waals surface area contributed by atoms with E-state index in [1.165, 1.54) is 18.2 Å². The van der Waals surface area contributed by atoms with E-state index in [4.69, 9.17) is 23.2 Å². The SMILES string of the molecule is Cc1ccc(S(=O)(=O)N(CC(=O)Nc2ccc(Cl)cc2)c2cccc(Cl)c2)cc1. The van der Waals surface area contributed by atoms with Crippen LogP contribution in [0.3, 0.4) is 0 Å². The summed E-state index contributed by atoms with van der Waals surface area (Å²) in [5, 5.41) is 3.58. The summed E-state index contributed by atoms with van der Waals surface area (Å²) < 4.78 is 27.6. The fourth-order valence-corrected chi connectivity index (χ4v) is 4.37. The highest BCUT2D eigenvalue weighted by molar-refractivity contribution is 7.92. The number of hydrogen-bond donors (Lipinski definition) is 1. The van der Waals surface area contributed by atoms with Crippen molar-refractivity contribution in [2.45, 2.75) is 11.8 Å². The van der Waals surface area contributed by atoms with Crippen molar-refractivity contribution in [3.05, 3.63) is 88.4 Å². The maximum atomic E-state index is 13.3. The highest BCUT2D eigenvalue weighted by Crippen LogP contribution is 2.26. The van der Waals surface area contributed by atoms with E-state index in [9.17, 15) is 13.2 Å². The summed E-state index contributed by atoms with van der Waals surface area (Å²) in [5.41, 5.74) is 1.74. The van der Waals surface area contributed by atoms with E-state index in [-0.39, 0.29) is 4.90 Å². The first-order valence-electron chi connectivity index (χ1n) is 8.66. The van der Waals surface area contributed by atoms with Crippen LogP contribution in [0.2, 0.25) is 10.0 Å². The first kappa shape index (κ1) is 21.2. The molecule has 0 fully saturated rings. The summed E-state index contributed by atoms with van der Waals surface area (Å²) >= 11 is 11.9. The molecule has 0 radical (unpaired) electrons. The molecule has 0 heterocycles. The normalized spacial score (nSPS) is 11.1. The lowest BCUT2D eigenvalue weighted by Crippen LogP contribution is -2.38. The average molecular weight is 449 g/mol. The standard InChI is InChI=1S/C21H18Cl2N2O3S/c1-15-5-11-20(12-6-15)29(27,28)25(19-4-2-3-17(23)13-19)14-21(26)24-18-9-7-16(22)8-10-18/h2-13H,14H2,1H3,(H,24,26). The smallest absolute Gasteiger partial charge is 0.264 e. The maximum Gasteiger partial charge on any atom is 0.264 e. The lowest BCUT2D eigenvalue weighted by Gasteiger charge is -2.24. The minimum Gasteiger partial charge on any atom is -0.325 e. The Morgan fingerprint density at radius 2 is 1.59 bits per heavy atom. The highest BCUT2D eigenvalue weighted by atomic mass is 35.5. The number of aryl methyl sites for hydroxylation is 1. The third kappa shape index (κ3) is 5.29. The molecular formula is C21H18Cl2N2O3S. The minimum atomic E-state index is -3.99. The Labute approximate surface area is 179 Å². The number of benzene rings is 3. The molecule has 0 saturated heterocycles. The van der Waals surface area contributed by atoms with Gasteiger partial charge in [-0.3, -0.25) is 9.10 Å². The number of carbonyl (C=O) groups is 1. The lowest BCUT2D eigenvalue weighted by atomic mass is 10.2. The Bertz CT molecular complexity index is 1120. The summed E-state index contributed by atoms with van der Waals surface area (Å²) in [6.07, 6.45) is 0. The number of nitrogens with zero attached hydrogens (tertiary/aromatic N) is 1. The van der Waals surface area contributed by atoms with Crippen LogP contribution in [0, 0.1) is 6.92 Å². The molecule has 0 saturated carbocycles. The predicted octanol–water partition coefficient (Wildman–Crippen LogP) is 5.14. The second-order valence-corrected chi connectivity index (χ2v) is 9.09. The molecule has 0 aromatic heterocycles. The molecule has 1 amide bonds. The Morgan fingerprint density at radius 1 is 0.931 bits per heavy atom. The van der Waals surface area contributed by atoms with Crippen LogP contribution in [0.1, 0.15) is 5.56 Å². The number of carbonyl (C=O) groups excluding carboxylic acids is 1. The minimum absolute atomic E-state index is 0.0855. The zero-order valence-corrected chi connectivity index (χ0v) is 17.8. The van der Waals surface area contributed by atoms with Gasteiger partial charge in [-0.25, -0.2) is 8.42 Å². The van der Waals surface area contributed by atoms with Crippen molar-refractivity contribution in [2.75, 3.05) is 16.2 Å². The number of sulfonamides is 1. The van der Waals surface area contributed by atoms with E-state index in [0.717, 1.165) is 9.87 Å². The molecule has 8 heteroatoms. The van der Waals surface area contributed by atoms with E-state index in [1.54, 1.807) is 54.6 Å². The molecule has 1 N–H and O–H groups in total. The van der Waals surface area contributed by atoms with Gasteiger partial charge >= 0.3 is 0 Å².